The Kier molecular flexibility index (Phi) is 7.73. The Morgan fingerprint density at radius 3 is 2.50 bits per heavy atom. The van der Waals surface area contributed by atoms with E-state index in [2.05, 4.69) is 41.5 Å². The zero-order valence-electron chi connectivity index (χ0n) is 19.2. The molecule has 1 aromatic carbocycles. The molecule has 170 valence electrons. The standard InChI is InChI=1S/C23H28N4O3S2/c1-7-30-22(29)19-14(4)15(5)32-21(19)24-18(28)12-31-23-26-25-20(27(23)6)17-10-8-16(9-11-17)13(2)3/h8-11,13H,7,12H2,1-6H3,(H,24,28). The summed E-state index contributed by atoms with van der Waals surface area (Å²) in [6.07, 6.45) is 0. The van der Waals surface area contributed by atoms with Crippen molar-refractivity contribution in [3.8, 4) is 11.4 Å². The van der Waals surface area contributed by atoms with E-state index < -0.39 is 5.97 Å². The molecule has 0 saturated heterocycles. The topological polar surface area (TPSA) is 86.1 Å². The second-order valence-corrected chi connectivity index (χ2v) is 9.85. The Bertz CT molecular complexity index is 1120. The van der Waals surface area contributed by atoms with Gasteiger partial charge in [0.05, 0.1) is 17.9 Å². The van der Waals surface area contributed by atoms with Crippen LogP contribution >= 0.6 is 23.1 Å². The van der Waals surface area contributed by atoms with Gasteiger partial charge in [-0.05, 0) is 37.8 Å². The van der Waals surface area contributed by atoms with Crippen LogP contribution in [0.2, 0.25) is 0 Å². The van der Waals surface area contributed by atoms with E-state index in [0.717, 1.165) is 21.8 Å². The van der Waals surface area contributed by atoms with Crippen LogP contribution in [0.1, 0.15) is 53.1 Å². The van der Waals surface area contributed by atoms with Gasteiger partial charge in [-0.1, -0.05) is 49.9 Å². The molecule has 1 amide bonds. The Balaban J connectivity index is 1.68. The van der Waals surface area contributed by atoms with Crippen LogP contribution in [0, 0.1) is 13.8 Å². The first-order valence-corrected chi connectivity index (χ1v) is 12.2. The summed E-state index contributed by atoms with van der Waals surface area (Å²) in [4.78, 5) is 25.9. The molecule has 2 aromatic heterocycles. The summed E-state index contributed by atoms with van der Waals surface area (Å²) in [7, 11) is 1.89. The molecule has 3 aromatic rings. The quantitative estimate of drug-likeness (QED) is 0.359. The first-order chi connectivity index (χ1) is 15.2. The summed E-state index contributed by atoms with van der Waals surface area (Å²) >= 11 is 2.68. The molecule has 0 fully saturated rings. The first kappa shape index (κ1) is 24.0. The maximum absolute atomic E-state index is 12.6. The average Bonchev–Trinajstić information content (AvgIpc) is 3.25. The highest BCUT2D eigenvalue weighted by atomic mass is 32.2. The molecule has 1 N–H and O–H groups in total. The Hall–Kier alpha value is -2.65. The fraction of sp³-hybridized carbons (Fsp3) is 0.391. The van der Waals surface area contributed by atoms with Crippen LogP contribution in [0.3, 0.4) is 0 Å². The number of aryl methyl sites for hydroxylation is 1. The van der Waals surface area contributed by atoms with E-state index in [1.165, 1.54) is 28.7 Å². The van der Waals surface area contributed by atoms with Gasteiger partial charge in [-0.2, -0.15) is 0 Å². The highest BCUT2D eigenvalue weighted by molar-refractivity contribution is 7.99. The van der Waals surface area contributed by atoms with E-state index in [-0.39, 0.29) is 18.3 Å². The lowest BCUT2D eigenvalue weighted by atomic mass is 10.0. The molecule has 0 spiro atoms. The number of rotatable bonds is 8. The van der Waals surface area contributed by atoms with Gasteiger partial charge in [-0.3, -0.25) is 4.79 Å². The maximum atomic E-state index is 12.6. The predicted molar refractivity (Wildman–Crippen MR) is 130 cm³/mol. The molecule has 3 rings (SSSR count). The Morgan fingerprint density at radius 2 is 1.88 bits per heavy atom. The van der Waals surface area contributed by atoms with Gasteiger partial charge in [-0.25, -0.2) is 4.79 Å². The summed E-state index contributed by atoms with van der Waals surface area (Å²) in [6, 6.07) is 8.28. The van der Waals surface area contributed by atoms with E-state index in [0.29, 0.717) is 21.6 Å². The van der Waals surface area contributed by atoms with E-state index in [4.69, 9.17) is 4.74 Å². The van der Waals surface area contributed by atoms with Crippen LogP contribution in [0.15, 0.2) is 29.4 Å². The molecule has 0 saturated carbocycles. The molecule has 32 heavy (non-hydrogen) atoms. The molecule has 0 aliphatic heterocycles. The van der Waals surface area contributed by atoms with Crippen LogP contribution < -0.4 is 5.32 Å². The van der Waals surface area contributed by atoms with Crippen molar-refractivity contribution in [2.45, 2.75) is 45.7 Å². The van der Waals surface area contributed by atoms with Crippen molar-refractivity contribution in [1.82, 2.24) is 14.8 Å². The lowest BCUT2D eigenvalue weighted by Crippen LogP contribution is -2.16. The summed E-state index contributed by atoms with van der Waals surface area (Å²) in [5.74, 6) is 0.730. The van der Waals surface area contributed by atoms with E-state index in [1.54, 1.807) is 6.92 Å². The second kappa shape index (κ2) is 10.3. The highest BCUT2D eigenvalue weighted by Crippen LogP contribution is 2.33. The van der Waals surface area contributed by atoms with Crippen molar-refractivity contribution < 1.29 is 14.3 Å². The number of hydrogen-bond acceptors (Lipinski definition) is 7. The summed E-state index contributed by atoms with van der Waals surface area (Å²) in [5.41, 5.74) is 3.50. The number of anilines is 1. The Labute approximate surface area is 196 Å². The van der Waals surface area contributed by atoms with Crippen molar-refractivity contribution >= 4 is 40.0 Å². The number of hydrogen-bond donors (Lipinski definition) is 1. The molecular formula is C23H28N4O3S2. The first-order valence-electron chi connectivity index (χ1n) is 10.4. The van der Waals surface area contributed by atoms with Gasteiger partial charge in [-0.15, -0.1) is 21.5 Å². The third-order valence-corrected chi connectivity index (χ3v) is 7.26. The Morgan fingerprint density at radius 1 is 1.19 bits per heavy atom. The van der Waals surface area contributed by atoms with Gasteiger partial charge in [0.1, 0.15) is 5.00 Å². The van der Waals surface area contributed by atoms with Crippen LogP contribution in [-0.2, 0) is 16.6 Å². The maximum Gasteiger partial charge on any atom is 0.341 e. The van der Waals surface area contributed by atoms with Crippen molar-refractivity contribution in [3.05, 3.63) is 45.8 Å². The predicted octanol–water partition coefficient (Wildman–Crippen LogP) is 5.19. The molecule has 7 nitrogen and oxygen atoms in total. The van der Waals surface area contributed by atoms with Gasteiger partial charge >= 0.3 is 5.97 Å². The molecule has 0 atom stereocenters. The molecule has 9 heteroatoms. The van der Waals surface area contributed by atoms with Crippen LogP contribution in [0.4, 0.5) is 5.00 Å². The fourth-order valence-corrected chi connectivity index (χ4v) is 4.94. The molecule has 0 aliphatic carbocycles. The van der Waals surface area contributed by atoms with E-state index in [9.17, 15) is 9.59 Å². The number of ether oxygens (including phenoxy) is 1. The van der Waals surface area contributed by atoms with Crippen LogP contribution in [0.5, 0.6) is 0 Å². The smallest absolute Gasteiger partial charge is 0.341 e. The number of thioether (sulfide) groups is 1. The summed E-state index contributed by atoms with van der Waals surface area (Å²) in [6.45, 7) is 10.1. The number of benzene rings is 1. The third kappa shape index (κ3) is 5.21. The van der Waals surface area contributed by atoms with Crippen LogP contribution in [0.25, 0.3) is 11.4 Å². The average molecular weight is 473 g/mol. The fourth-order valence-electron chi connectivity index (χ4n) is 3.17. The van der Waals surface area contributed by atoms with Gasteiger partial charge in [0.2, 0.25) is 5.91 Å². The normalized spacial score (nSPS) is 11.1. The lowest BCUT2D eigenvalue weighted by Gasteiger charge is -2.08. The molecule has 0 unspecified atom stereocenters. The molecule has 2 heterocycles. The minimum absolute atomic E-state index is 0.149. The number of nitrogens with zero attached hydrogens (tertiary/aromatic N) is 3. The number of amides is 1. The summed E-state index contributed by atoms with van der Waals surface area (Å²) in [5, 5.41) is 12.6. The number of carbonyl (C=O) groups is 2. The van der Waals surface area contributed by atoms with Crippen molar-refractivity contribution in [2.24, 2.45) is 7.05 Å². The largest absolute Gasteiger partial charge is 0.462 e. The SMILES string of the molecule is CCOC(=O)c1c(NC(=O)CSc2nnc(-c3ccc(C(C)C)cc3)n2C)sc(C)c1C. The van der Waals surface area contributed by atoms with E-state index >= 15 is 0 Å². The zero-order valence-corrected chi connectivity index (χ0v) is 20.8. The van der Waals surface area contributed by atoms with Crippen molar-refractivity contribution in [2.75, 3.05) is 17.7 Å². The monoisotopic (exact) mass is 472 g/mol. The van der Waals surface area contributed by atoms with Gasteiger partial charge in [0.15, 0.2) is 11.0 Å². The van der Waals surface area contributed by atoms with Gasteiger partial charge in [0, 0.05) is 17.5 Å². The van der Waals surface area contributed by atoms with E-state index in [1.807, 2.05) is 37.6 Å². The molecule has 0 bridgehead atoms. The van der Waals surface area contributed by atoms with Gasteiger partial charge in [0.25, 0.3) is 0 Å². The van der Waals surface area contributed by atoms with Crippen molar-refractivity contribution in [3.63, 3.8) is 0 Å². The van der Waals surface area contributed by atoms with Crippen molar-refractivity contribution in [1.29, 1.82) is 0 Å². The number of thiophene rings is 1. The molecular weight excluding hydrogens is 444 g/mol. The molecule has 0 radical (unpaired) electrons. The number of aromatic nitrogens is 3. The number of esters is 1. The second-order valence-electron chi connectivity index (χ2n) is 7.69. The number of nitrogens with one attached hydrogen (secondary N) is 1. The van der Waals surface area contributed by atoms with Gasteiger partial charge < -0.3 is 14.6 Å². The third-order valence-electron chi connectivity index (χ3n) is 5.12. The highest BCUT2D eigenvalue weighted by Gasteiger charge is 2.22. The van der Waals surface area contributed by atoms with Crippen LogP contribution in [-0.4, -0.2) is 39.0 Å². The lowest BCUT2D eigenvalue weighted by molar-refractivity contribution is -0.113. The minimum Gasteiger partial charge on any atom is -0.462 e. The zero-order chi connectivity index (χ0) is 23.4. The molecule has 0 aliphatic rings. The summed E-state index contributed by atoms with van der Waals surface area (Å²) < 4.78 is 7.02. The minimum atomic E-state index is -0.418. The number of carbonyl (C=O) groups excluding carboxylic acids is 2.